The van der Waals surface area contributed by atoms with Crippen molar-refractivity contribution in [3.8, 4) is 0 Å². The zero-order chi connectivity index (χ0) is 19.2. The number of hydrogen-bond donors (Lipinski definition) is 1. The van der Waals surface area contributed by atoms with Gasteiger partial charge >= 0.3 is 12.1 Å². The van der Waals surface area contributed by atoms with Crippen molar-refractivity contribution in [1.82, 2.24) is 4.90 Å². The molecule has 0 aromatic heterocycles. The summed E-state index contributed by atoms with van der Waals surface area (Å²) in [5, 5.41) is 7.12. The Kier molecular flexibility index (Phi) is 7.02. The van der Waals surface area contributed by atoms with E-state index in [0.717, 1.165) is 45.7 Å². The molecule has 1 aromatic carbocycles. The van der Waals surface area contributed by atoms with E-state index in [1.807, 2.05) is 0 Å². The quantitative estimate of drug-likeness (QED) is 0.877. The molecule has 0 radical (unpaired) electrons. The second-order valence-electron chi connectivity index (χ2n) is 6.69. The minimum Gasteiger partial charge on any atom is -0.475 e. The fourth-order valence-corrected chi connectivity index (χ4v) is 3.61. The second kappa shape index (κ2) is 8.83. The zero-order valence-electron chi connectivity index (χ0n) is 14.7. The maximum absolute atomic E-state index is 10.6. The first-order chi connectivity index (χ1) is 12.3. The summed E-state index contributed by atoms with van der Waals surface area (Å²) in [6.07, 6.45) is -2.41. The number of fused-ring (bicyclic) bond motifs is 1. The molecule has 0 aliphatic carbocycles. The monoisotopic (exact) mass is 375 g/mol. The lowest BCUT2D eigenvalue weighted by atomic mass is 9.77. The van der Waals surface area contributed by atoms with Gasteiger partial charge < -0.3 is 14.6 Å². The Morgan fingerprint density at radius 1 is 1.38 bits per heavy atom. The van der Waals surface area contributed by atoms with Crippen molar-refractivity contribution in [2.24, 2.45) is 5.41 Å². The number of piperidine rings is 1. The Labute approximate surface area is 150 Å². The van der Waals surface area contributed by atoms with Crippen molar-refractivity contribution in [3.05, 3.63) is 35.9 Å². The third-order valence-electron chi connectivity index (χ3n) is 4.77. The first kappa shape index (κ1) is 20.7. The van der Waals surface area contributed by atoms with Gasteiger partial charge in [-0.2, -0.15) is 13.2 Å². The van der Waals surface area contributed by atoms with E-state index in [1.54, 1.807) is 7.11 Å². The third-order valence-corrected chi connectivity index (χ3v) is 4.77. The number of methoxy groups -OCH3 is 1. The summed E-state index contributed by atoms with van der Waals surface area (Å²) in [5.41, 5.74) is 1.62. The highest BCUT2D eigenvalue weighted by Crippen LogP contribution is 2.41. The number of carbonyl (C=O) groups is 1. The van der Waals surface area contributed by atoms with Crippen molar-refractivity contribution in [2.45, 2.75) is 31.7 Å². The fraction of sp³-hybridized carbons (Fsp3) is 0.611. The fourth-order valence-electron chi connectivity index (χ4n) is 3.61. The van der Waals surface area contributed by atoms with Gasteiger partial charge in [0.1, 0.15) is 0 Å². The van der Waals surface area contributed by atoms with E-state index >= 15 is 0 Å². The highest BCUT2D eigenvalue weighted by Gasteiger charge is 2.47. The maximum Gasteiger partial charge on any atom is 0.490 e. The van der Waals surface area contributed by atoms with Crippen LogP contribution in [0.5, 0.6) is 0 Å². The van der Waals surface area contributed by atoms with Crippen LogP contribution in [0, 0.1) is 5.41 Å². The molecule has 5 nitrogen and oxygen atoms in total. The molecule has 0 bridgehead atoms. The van der Waals surface area contributed by atoms with Crippen LogP contribution in [-0.2, 0) is 20.8 Å². The molecular formula is C18H24F3NO4. The number of rotatable bonds is 4. The lowest BCUT2D eigenvalue weighted by Crippen LogP contribution is -2.51. The van der Waals surface area contributed by atoms with Crippen molar-refractivity contribution >= 4 is 5.97 Å². The number of benzene rings is 1. The first-order valence-electron chi connectivity index (χ1n) is 8.44. The normalized spacial score (nSPS) is 25.9. The molecule has 0 saturated carbocycles. The van der Waals surface area contributed by atoms with E-state index in [0.29, 0.717) is 6.10 Å². The van der Waals surface area contributed by atoms with E-state index in [2.05, 4.69) is 35.2 Å². The molecule has 0 spiro atoms. The number of carboxylic acid groups (broad SMARTS) is 1. The topological polar surface area (TPSA) is 59.0 Å². The minimum atomic E-state index is -5.08. The van der Waals surface area contributed by atoms with Crippen LogP contribution in [0.4, 0.5) is 13.2 Å². The molecule has 2 atom stereocenters. The number of halogens is 3. The zero-order valence-corrected chi connectivity index (χ0v) is 14.7. The van der Waals surface area contributed by atoms with Crippen LogP contribution in [0.3, 0.4) is 0 Å². The highest BCUT2D eigenvalue weighted by molar-refractivity contribution is 5.73. The highest BCUT2D eigenvalue weighted by atomic mass is 19.4. The average molecular weight is 375 g/mol. The number of alkyl halides is 3. The summed E-state index contributed by atoms with van der Waals surface area (Å²) < 4.78 is 43.1. The molecule has 26 heavy (non-hydrogen) atoms. The third kappa shape index (κ3) is 5.43. The summed E-state index contributed by atoms with van der Waals surface area (Å²) in [6.45, 7) is 4.99. The summed E-state index contributed by atoms with van der Waals surface area (Å²) in [4.78, 5) is 11.5. The molecule has 8 heteroatoms. The molecule has 146 valence electrons. The van der Waals surface area contributed by atoms with Gasteiger partial charge in [-0.05, 0) is 18.4 Å². The van der Waals surface area contributed by atoms with Gasteiger partial charge in [-0.3, -0.25) is 4.90 Å². The largest absolute Gasteiger partial charge is 0.490 e. The van der Waals surface area contributed by atoms with Crippen LogP contribution in [0.1, 0.15) is 18.4 Å². The van der Waals surface area contributed by atoms with Crippen molar-refractivity contribution in [1.29, 1.82) is 0 Å². The van der Waals surface area contributed by atoms with E-state index in [1.165, 1.54) is 5.56 Å². The smallest absolute Gasteiger partial charge is 0.475 e. The molecule has 2 saturated heterocycles. The van der Waals surface area contributed by atoms with Gasteiger partial charge in [0.2, 0.25) is 0 Å². The maximum atomic E-state index is 10.6. The molecule has 2 aliphatic heterocycles. The number of nitrogens with zero attached hydrogens (tertiary/aromatic N) is 1. The first-order valence-corrected chi connectivity index (χ1v) is 8.44. The number of ether oxygens (including phenoxy) is 2. The SMILES string of the molecule is COC[C@@]12CCO[C@@H]1CCN(Cc1ccccc1)C2.O=C(O)C(F)(F)F. The van der Waals surface area contributed by atoms with Crippen LogP contribution in [0.25, 0.3) is 0 Å². The van der Waals surface area contributed by atoms with Crippen LogP contribution < -0.4 is 0 Å². The van der Waals surface area contributed by atoms with Gasteiger partial charge in [0.15, 0.2) is 0 Å². The lowest BCUT2D eigenvalue weighted by molar-refractivity contribution is -0.192. The van der Waals surface area contributed by atoms with Gasteiger partial charge in [-0.25, -0.2) is 4.79 Å². The molecule has 2 heterocycles. The van der Waals surface area contributed by atoms with Crippen LogP contribution in [0.15, 0.2) is 30.3 Å². The van der Waals surface area contributed by atoms with Crippen molar-refractivity contribution < 1.29 is 32.5 Å². The number of aliphatic carboxylic acids is 1. The standard InChI is InChI=1S/C16H23NO2.C2HF3O2/c1-18-13-16-8-10-19-15(16)7-9-17(12-16)11-14-5-3-2-4-6-14;3-2(4,5)1(6)7/h2-6,15H,7-13H2,1H3;(H,6,7)/t15-,16+;/m1./s1. The lowest BCUT2D eigenvalue weighted by Gasteiger charge is -2.43. The van der Waals surface area contributed by atoms with Crippen molar-refractivity contribution in [3.63, 3.8) is 0 Å². The Balaban J connectivity index is 0.000000298. The number of carboxylic acids is 1. The Hall–Kier alpha value is -1.64. The molecule has 2 aliphatic rings. The Bertz CT molecular complexity index is 582. The second-order valence-corrected chi connectivity index (χ2v) is 6.69. The minimum absolute atomic E-state index is 0.224. The van der Waals surface area contributed by atoms with Gasteiger partial charge in [-0.15, -0.1) is 0 Å². The van der Waals surface area contributed by atoms with E-state index in [9.17, 15) is 13.2 Å². The molecule has 2 fully saturated rings. The predicted octanol–water partition coefficient (Wildman–Crippen LogP) is 2.95. The van der Waals surface area contributed by atoms with Gasteiger partial charge in [0.05, 0.1) is 12.7 Å². The molecule has 3 rings (SSSR count). The predicted molar refractivity (Wildman–Crippen MR) is 88.7 cm³/mol. The van der Waals surface area contributed by atoms with Gasteiger partial charge in [0.25, 0.3) is 0 Å². The molecule has 1 N–H and O–H groups in total. The Morgan fingerprint density at radius 2 is 2.04 bits per heavy atom. The van der Waals surface area contributed by atoms with E-state index in [-0.39, 0.29) is 5.41 Å². The molecule has 0 unspecified atom stereocenters. The Morgan fingerprint density at radius 3 is 2.62 bits per heavy atom. The van der Waals surface area contributed by atoms with Crippen LogP contribution in [-0.4, -0.2) is 61.7 Å². The molecular weight excluding hydrogens is 351 g/mol. The summed E-state index contributed by atoms with van der Waals surface area (Å²) in [5.74, 6) is -2.76. The summed E-state index contributed by atoms with van der Waals surface area (Å²) >= 11 is 0. The van der Waals surface area contributed by atoms with Crippen molar-refractivity contribution in [2.75, 3.05) is 33.4 Å². The average Bonchev–Trinajstić information content (AvgIpc) is 2.98. The van der Waals surface area contributed by atoms with Crippen LogP contribution in [0.2, 0.25) is 0 Å². The van der Waals surface area contributed by atoms with Gasteiger partial charge in [-0.1, -0.05) is 30.3 Å². The number of likely N-dealkylation sites (tertiary alicyclic amines) is 1. The van der Waals surface area contributed by atoms with E-state index in [4.69, 9.17) is 19.4 Å². The van der Waals surface area contributed by atoms with Gasteiger partial charge in [0, 0.05) is 38.8 Å². The molecule has 0 amide bonds. The summed E-state index contributed by atoms with van der Waals surface area (Å²) in [6, 6.07) is 10.7. The molecule has 1 aromatic rings. The van der Waals surface area contributed by atoms with E-state index < -0.39 is 12.1 Å². The summed E-state index contributed by atoms with van der Waals surface area (Å²) in [7, 11) is 1.81. The number of hydrogen-bond acceptors (Lipinski definition) is 4. The van der Waals surface area contributed by atoms with Crippen LogP contribution >= 0.6 is 0 Å².